The number of furan rings is 1. The van der Waals surface area contributed by atoms with E-state index in [0.717, 1.165) is 12.1 Å². The number of urea groups is 1. The molecule has 166 valence electrons. The molecule has 0 unspecified atom stereocenters. The van der Waals surface area contributed by atoms with Crippen LogP contribution in [0.5, 0.6) is 0 Å². The Hall–Kier alpha value is -3.75. The van der Waals surface area contributed by atoms with Crippen LogP contribution in [0.15, 0.2) is 71.3 Å². The van der Waals surface area contributed by atoms with Crippen LogP contribution < -0.4 is 10.2 Å². The van der Waals surface area contributed by atoms with Gasteiger partial charge >= 0.3 is 12.2 Å². The van der Waals surface area contributed by atoms with Gasteiger partial charge in [-0.1, -0.05) is 18.2 Å². The summed E-state index contributed by atoms with van der Waals surface area (Å²) in [6.07, 6.45) is -2.29. The smallest absolute Gasteiger partial charge is 0.416 e. The maximum Gasteiger partial charge on any atom is 0.416 e. The maximum absolute atomic E-state index is 13.0. The molecule has 2 aromatic carbocycles. The molecule has 3 aromatic rings. The van der Waals surface area contributed by atoms with Crippen molar-refractivity contribution in [1.29, 1.82) is 0 Å². The van der Waals surface area contributed by atoms with Crippen LogP contribution in [0.1, 0.15) is 28.1 Å². The second kappa shape index (κ2) is 8.78. The van der Waals surface area contributed by atoms with Gasteiger partial charge in [-0.2, -0.15) is 13.2 Å². The molecule has 0 atom stereocenters. The number of rotatable bonds is 5. The van der Waals surface area contributed by atoms with Gasteiger partial charge < -0.3 is 14.6 Å². The topological polar surface area (TPSA) is 65.8 Å². The zero-order chi connectivity index (χ0) is 22.7. The Kier molecular flexibility index (Phi) is 5.89. The van der Waals surface area contributed by atoms with E-state index in [2.05, 4.69) is 5.32 Å². The fourth-order valence-corrected chi connectivity index (χ4v) is 3.54. The number of halogens is 3. The molecule has 1 aliphatic heterocycles. The van der Waals surface area contributed by atoms with Crippen molar-refractivity contribution in [1.82, 2.24) is 4.90 Å². The fourth-order valence-electron chi connectivity index (χ4n) is 3.54. The average Bonchev–Trinajstić information content (AvgIpc) is 3.30. The van der Waals surface area contributed by atoms with Crippen molar-refractivity contribution in [2.24, 2.45) is 0 Å². The number of nitrogens with one attached hydrogen (secondary N) is 1. The van der Waals surface area contributed by atoms with Crippen molar-refractivity contribution < 1.29 is 27.2 Å². The molecule has 1 aliphatic rings. The van der Waals surface area contributed by atoms with Gasteiger partial charge in [-0.3, -0.25) is 9.69 Å². The molecular weight excluding hydrogens is 423 g/mol. The minimum atomic E-state index is -4.40. The van der Waals surface area contributed by atoms with Crippen LogP contribution in [0.25, 0.3) is 0 Å². The highest BCUT2D eigenvalue weighted by Gasteiger charge is 2.31. The van der Waals surface area contributed by atoms with Crippen LogP contribution in [0, 0.1) is 0 Å². The minimum Gasteiger partial charge on any atom is -0.459 e. The van der Waals surface area contributed by atoms with E-state index in [-0.39, 0.29) is 18.3 Å². The Morgan fingerprint density at radius 2 is 1.81 bits per heavy atom. The van der Waals surface area contributed by atoms with Crippen LogP contribution in [0.2, 0.25) is 0 Å². The monoisotopic (exact) mass is 443 g/mol. The van der Waals surface area contributed by atoms with E-state index in [1.54, 1.807) is 46.2 Å². The molecule has 1 aromatic heterocycles. The van der Waals surface area contributed by atoms with Crippen molar-refractivity contribution in [3.63, 3.8) is 0 Å². The number of hydrogen-bond acceptors (Lipinski definition) is 3. The second-order valence-corrected chi connectivity index (χ2v) is 7.39. The van der Waals surface area contributed by atoms with Crippen LogP contribution in [0.3, 0.4) is 0 Å². The standard InChI is InChI=1S/C23H20F3N3O3/c24-23(25,26)17-9-7-16(8-10-17)15-28-11-3-12-29(22(28)31)19-5-1-4-18(14-19)27-21(30)20-6-2-13-32-20/h1-2,4-10,13-14H,3,11-12,15H2,(H,27,30). The van der Waals surface area contributed by atoms with Gasteiger partial charge in [0.1, 0.15) is 0 Å². The molecule has 0 saturated carbocycles. The molecule has 3 amide bonds. The van der Waals surface area contributed by atoms with Crippen molar-refractivity contribution in [3.05, 3.63) is 83.8 Å². The SMILES string of the molecule is O=C(Nc1cccc(N2CCCN(Cc3ccc(C(F)(F)F)cc3)C2=O)c1)c1ccco1. The Labute approximate surface area is 182 Å². The number of alkyl halides is 3. The lowest BCUT2D eigenvalue weighted by Gasteiger charge is -2.36. The third-order valence-electron chi connectivity index (χ3n) is 5.13. The van der Waals surface area contributed by atoms with Gasteiger partial charge in [0.15, 0.2) is 5.76 Å². The molecule has 0 aliphatic carbocycles. The molecule has 0 spiro atoms. The number of nitrogens with zero attached hydrogens (tertiary/aromatic N) is 2. The van der Waals surface area contributed by atoms with Crippen molar-refractivity contribution >= 4 is 23.3 Å². The van der Waals surface area contributed by atoms with Gasteiger partial charge in [-0.15, -0.1) is 0 Å². The first-order valence-corrected chi connectivity index (χ1v) is 9.99. The molecular formula is C23H20F3N3O3. The van der Waals surface area contributed by atoms with Crippen LogP contribution in [0.4, 0.5) is 29.3 Å². The number of hydrogen-bond donors (Lipinski definition) is 1. The van der Waals surface area contributed by atoms with Crippen molar-refractivity contribution in [3.8, 4) is 0 Å². The van der Waals surface area contributed by atoms with Crippen molar-refractivity contribution in [2.45, 2.75) is 19.1 Å². The summed E-state index contributed by atoms with van der Waals surface area (Å²) >= 11 is 0. The quantitative estimate of drug-likeness (QED) is 0.576. The van der Waals surface area contributed by atoms with Crippen LogP contribution >= 0.6 is 0 Å². The van der Waals surface area contributed by atoms with Gasteiger partial charge in [-0.25, -0.2) is 4.79 Å². The summed E-state index contributed by atoms with van der Waals surface area (Å²) in [5.41, 5.74) is 1.02. The summed E-state index contributed by atoms with van der Waals surface area (Å²) in [5, 5.41) is 2.73. The largest absolute Gasteiger partial charge is 0.459 e. The molecule has 32 heavy (non-hydrogen) atoms. The Balaban J connectivity index is 1.45. The maximum atomic E-state index is 13.0. The first-order valence-electron chi connectivity index (χ1n) is 9.99. The number of carbonyl (C=O) groups excluding carboxylic acids is 2. The second-order valence-electron chi connectivity index (χ2n) is 7.39. The van der Waals surface area contributed by atoms with Gasteiger partial charge in [0.05, 0.1) is 11.8 Å². The van der Waals surface area contributed by atoms with Gasteiger partial charge in [0, 0.05) is 31.0 Å². The Morgan fingerprint density at radius 1 is 1.03 bits per heavy atom. The summed E-state index contributed by atoms with van der Waals surface area (Å²) in [7, 11) is 0. The van der Waals surface area contributed by atoms with E-state index in [0.29, 0.717) is 36.4 Å². The van der Waals surface area contributed by atoms with Crippen LogP contribution in [-0.2, 0) is 12.7 Å². The summed E-state index contributed by atoms with van der Waals surface area (Å²) < 4.78 is 43.4. The molecule has 0 bridgehead atoms. The predicted molar refractivity (Wildman–Crippen MR) is 112 cm³/mol. The third kappa shape index (κ3) is 4.77. The molecule has 9 heteroatoms. The highest BCUT2D eigenvalue weighted by Crippen LogP contribution is 2.30. The van der Waals surface area contributed by atoms with E-state index in [4.69, 9.17) is 4.42 Å². The summed E-state index contributed by atoms with van der Waals surface area (Å²) in [6.45, 7) is 1.21. The fraction of sp³-hybridized carbons (Fsp3) is 0.217. The molecule has 6 nitrogen and oxygen atoms in total. The van der Waals surface area contributed by atoms with E-state index >= 15 is 0 Å². The average molecular weight is 443 g/mol. The lowest BCUT2D eigenvalue weighted by molar-refractivity contribution is -0.137. The third-order valence-corrected chi connectivity index (χ3v) is 5.13. The van der Waals surface area contributed by atoms with Gasteiger partial charge in [0.2, 0.25) is 0 Å². The Morgan fingerprint density at radius 3 is 2.50 bits per heavy atom. The molecule has 2 heterocycles. The molecule has 4 rings (SSSR count). The first kappa shape index (κ1) is 21.5. The number of amides is 3. The zero-order valence-corrected chi connectivity index (χ0v) is 16.9. The predicted octanol–water partition coefficient (Wildman–Crippen LogP) is 5.38. The van der Waals surface area contributed by atoms with Gasteiger partial charge in [0.25, 0.3) is 5.91 Å². The lowest BCUT2D eigenvalue weighted by Crippen LogP contribution is -2.49. The summed E-state index contributed by atoms with van der Waals surface area (Å²) in [6, 6.07) is 14.6. The zero-order valence-electron chi connectivity index (χ0n) is 16.9. The van der Waals surface area contributed by atoms with Crippen molar-refractivity contribution in [2.75, 3.05) is 23.3 Å². The highest BCUT2D eigenvalue weighted by molar-refractivity contribution is 6.02. The molecule has 1 N–H and O–H groups in total. The Bertz CT molecular complexity index is 1100. The van der Waals surface area contributed by atoms with E-state index in [1.807, 2.05) is 0 Å². The lowest BCUT2D eigenvalue weighted by atomic mass is 10.1. The molecule has 1 saturated heterocycles. The van der Waals surface area contributed by atoms with E-state index in [1.165, 1.54) is 18.4 Å². The minimum absolute atomic E-state index is 0.173. The highest BCUT2D eigenvalue weighted by atomic mass is 19.4. The molecule has 0 radical (unpaired) electrons. The van der Waals surface area contributed by atoms with E-state index < -0.39 is 17.6 Å². The number of anilines is 2. The number of benzene rings is 2. The molecule has 1 fully saturated rings. The van der Waals surface area contributed by atoms with Gasteiger partial charge in [-0.05, 0) is 54.4 Å². The van der Waals surface area contributed by atoms with E-state index in [9.17, 15) is 22.8 Å². The van der Waals surface area contributed by atoms with Crippen LogP contribution in [-0.4, -0.2) is 29.9 Å². The summed E-state index contributed by atoms with van der Waals surface area (Å²) in [5.74, 6) is -0.229. The summed E-state index contributed by atoms with van der Waals surface area (Å²) in [4.78, 5) is 28.4. The normalized spacial score (nSPS) is 14.5. The number of carbonyl (C=O) groups is 2. The first-order chi connectivity index (χ1) is 15.3.